The molecule has 0 spiro atoms. The minimum atomic E-state index is -0.603. The zero-order valence-electron chi connectivity index (χ0n) is 24.4. The molecule has 1 aromatic carbocycles. The lowest BCUT2D eigenvalue weighted by molar-refractivity contribution is -0.122. The number of ether oxygens (including phenoxy) is 1. The molecule has 1 aromatic rings. The van der Waals surface area contributed by atoms with Crippen molar-refractivity contribution in [2.45, 2.75) is 96.1 Å². The van der Waals surface area contributed by atoms with Crippen LogP contribution in [0, 0.1) is 11.8 Å². The fourth-order valence-corrected chi connectivity index (χ4v) is 6.94. The summed E-state index contributed by atoms with van der Waals surface area (Å²) in [7, 11) is 1.95. The molecule has 1 heterocycles. The van der Waals surface area contributed by atoms with Crippen molar-refractivity contribution in [3.8, 4) is 0 Å². The summed E-state index contributed by atoms with van der Waals surface area (Å²) in [5, 5.41) is 10.7. The molecule has 1 saturated carbocycles. The fourth-order valence-electron chi connectivity index (χ4n) is 6.75. The number of likely N-dealkylation sites (tertiary alicyclic amines) is 1. The van der Waals surface area contributed by atoms with Crippen molar-refractivity contribution in [2.75, 3.05) is 39.9 Å². The van der Waals surface area contributed by atoms with E-state index in [4.69, 9.17) is 16.3 Å². The lowest BCUT2D eigenvalue weighted by Gasteiger charge is -2.47. The SMILES string of the molecule is CCOCCCC[C@@](NC(C)=O)(c1cccc(Cl)c1)[C@@H]1CCCN(C(=O)N[C@H](CNC)CC2CCCCC2)C1. The van der Waals surface area contributed by atoms with Crippen LogP contribution < -0.4 is 16.0 Å². The smallest absolute Gasteiger partial charge is 0.317 e. The number of likely N-dealkylation sites (N-methyl/N-ethyl adjacent to an activating group) is 1. The van der Waals surface area contributed by atoms with Crippen LogP contribution in [-0.2, 0) is 15.1 Å². The zero-order chi connectivity index (χ0) is 28.1. The van der Waals surface area contributed by atoms with Crippen molar-refractivity contribution in [2.24, 2.45) is 11.8 Å². The second-order valence-electron chi connectivity index (χ2n) is 11.5. The molecule has 3 atom stereocenters. The Morgan fingerprint density at radius 1 is 1.15 bits per heavy atom. The maximum atomic E-state index is 13.6. The molecule has 220 valence electrons. The molecule has 3 rings (SSSR count). The third-order valence-corrected chi connectivity index (χ3v) is 8.81. The highest BCUT2D eigenvalue weighted by Gasteiger charge is 2.43. The van der Waals surface area contributed by atoms with Gasteiger partial charge in [-0.2, -0.15) is 0 Å². The van der Waals surface area contributed by atoms with Crippen LogP contribution in [-0.4, -0.2) is 62.8 Å². The number of urea groups is 1. The van der Waals surface area contributed by atoms with E-state index in [0.717, 1.165) is 57.2 Å². The first kappa shape index (κ1) is 31.7. The Balaban J connectivity index is 1.78. The van der Waals surface area contributed by atoms with Crippen LogP contribution in [0.1, 0.15) is 90.0 Å². The number of nitrogens with one attached hydrogen (secondary N) is 3. The van der Waals surface area contributed by atoms with Crippen molar-refractivity contribution >= 4 is 23.5 Å². The first-order valence-electron chi connectivity index (χ1n) is 15.2. The summed E-state index contributed by atoms with van der Waals surface area (Å²) >= 11 is 6.46. The molecule has 8 heteroatoms. The number of hydrogen-bond acceptors (Lipinski definition) is 4. The molecule has 39 heavy (non-hydrogen) atoms. The Morgan fingerprint density at radius 3 is 2.64 bits per heavy atom. The average molecular weight is 563 g/mol. The number of amides is 3. The van der Waals surface area contributed by atoms with E-state index in [2.05, 4.69) is 22.0 Å². The van der Waals surface area contributed by atoms with E-state index in [9.17, 15) is 9.59 Å². The van der Waals surface area contributed by atoms with Gasteiger partial charge in [0.2, 0.25) is 5.91 Å². The Morgan fingerprint density at radius 2 is 1.95 bits per heavy atom. The first-order valence-corrected chi connectivity index (χ1v) is 15.6. The number of unbranched alkanes of at least 4 members (excludes halogenated alkanes) is 1. The summed E-state index contributed by atoms with van der Waals surface area (Å²) in [6.45, 7) is 7.10. The van der Waals surface area contributed by atoms with Crippen LogP contribution in [0.25, 0.3) is 0 Å². The Bertz CT molecular complexity index is 894. The van der Waals surface area contributed by atoms with Crippen LogP contribution in [0.3, 0.4) is 0 Å². The molecule has 2 aliphatic rings. The molecule has 0 bridgehead atoms. The van der Waals surface area contributed by atoms with E-state index in [1.54, 1.807) is 6.92 Å². The predicted molar refractivity (Wildman–Crippen MR) is 159 cm³/mol. The first-order chi connectivity index (χ1) is 18.9. The number of piperidine rings is 1. The molecule has 3 N–H and O–H groups in total. The standard InChI is InChI=1S/C31H51ClN4O3/c1-4-39-19-9-8-17-31(35-24(2)37,26-14-10-16-28(32)21-26)27-15-11-18-36(23-27)30(38)34-29(22-33-3)20-25-12-6-5-7-13-25/h10,14,16,21,25,27,29,33H,4-9,11-13,15,17-20,22-23H2,1-3H3,(H,34,38)(H,35,37)/t27-,29+,31-/m1/s1. The summed E-state index contributed by atoms with van der Waals surface area (Å²) in [6, 6.07) is 8.00. The molecule has 3 amide bonds. The van der Waals surface area contributed by atoms with Gasteiger partial charge in [-0.15, -0.1) is 0 Å². The summed E-state index contributed by atoms with van der Waals surface area (Å²) in [6.07, 6.45) is 11.9. The highest BCUT2D eigenvalue weighted by Crippen LogP contribution is 2.41. The lowest BCUT2D eigenvalue weighted by Crippen LogP contribution is -2.58. The summed E-state index contributed by atoms with van der Waals surface area (Å²) < 4.78 is 5.58. The van der Waals surface area contributed by atoms with Gasteiger partial charge < -0.3 is 25.6 Å². The summed E-state index contributed by atoms with van der Waals surface area (Å²) in [5.74, 6) is 0.703. The van der Waals surface area contributed by atoms with Gasteiger partial charge >= 0.3 is 6.03 Å². The number of benzene rings is 1. The molecule has 0 aromatic heterocycles. The fraction of sp³-hybridized carbons (Fsp3) is 0.742. The van der Waals surface area contributed by atoms with Gasteiger partial charge in [-0.05, 0) is 76.1 Å². The van der Waals surface area contributed by atoms with Crippen LogP contribution in [0.15, 0.2) is 24.3 Å². The molecule has 1 aliphatic carbocycles. The molecule has 0 unspecified atom stereocenters. The van der Waals surface area contributed by atoms with Crippen molar-refractivity contribution in [3.05, 3.63) is 34.9 Å². The molecule has 1 saturated heterocycles. The van der Waals surface area contributed by atoms with E-state index in [-0.39, 0.29) is 23.9 Å². The Hall–Kier alpha value is -1.83. The van der Waals surface area contributed by atoms with Gasteiger partial charge in [0.15, 0.2) is 0 Å². The Labute approximate surface area is 241 Å². The quantitative estimate of drug-likeness (QED) is 0.248. The van der Waals surface area contributed by atoms with Gasteiger partial charge in [0.05, 0.1) is 5.54 Å². The van der Waals surface area contributed by atoms with E-state index in [0.29, 0.717) is 30.7 Å². The lowest BCUT2D eigenvalue weighted by atomic mass is 9.71. The van der Waals surface area contributed by atoms with Gasteiger partial charge in [-0.1, -0.05) is 55.8 Å². The maximum Gasteiger partial charge on any atom is 0.317 e. The van der Waals surface area contributed by atoms with Crippen molar-refractivity contribution in [3.63, 3.8) is 0 Å². The molecule has 7 nitrogen and oxygen atoms in total. The molecule has 1 aliphatic heterocycles. The van der Waals surface area contributed by atoms with E-state index in [1.165, 1.54) is 32.1 Å². The molecular weight excluding hydrogens is 512 g/mol. The number of hydrogen-bond donors (Lipinski definition) is 3. The largest absolute Gasteiger partial charge is 0.382 e. The van der Waals surface area contributed by atoms with Crippen LogP contribution in [0.4, 0.5) is 4.79 Å². The second kappa shape index (κ2) is 16.4. The van der Waals surface area contributed by atoms with Gasteiger partial charge in [0.25, 0.3) is 0 Å². The predicted octanol–water partition coefficient (Wildman–Crippen LogP) is 5.86. The number of carbonyl (C=O) groups is 2. The molecule has 0 radical (unpaired) electrons. The number of nitrogens with zero attached hydrogens (tertiary/aromatic N) is 1. The van der Waals surface area contributed by atoms with Crippen molar-refractivity contribution in [1.82, 2.24) is 20.9 Å². The third kappa shape index (κ3) is 9.65. The number of carbonyl (C=O) groups excluding carboxylic acids is 2. The Kier molecular flexibility index (Phi) is 13.4. The van der Waals surface area contributed by atoms with Crippen LogP contribution in [0.2, 0.25) is 5.02 Å². The van der Waals surface area contributed by atoms with Gasteiger partial charge in [0, 0.05) is 56.8 Å². The number of halogens is 1. The zero-order valence-corrected chi connectivity index (χ0v) is 25.2. The van der Waals surface area contributed by atoms with Gasteiger partial charge in [0.1, 0.15) is 0 Å². The van der Waals surface area contributed by atoms with Crippen LogP contribution >= 0.6 is 11.6 Å². The minimum Gasteiger partial charge on any atom is -0.382 e. The topological polar surface area (TPSA) is 82.7 Å². The van der Waals surface area contributed by atoms with Gasteiger partial charge in [-0.25, -0.2) is 4.79 Å². The van der Waals surface area contributed by atoms with Crippen LogP contribution in [0.5, 0.6) is 0 Å². The minimum absolute atomic E-state index is 0.00919. The van der Waals surface area contributed by atoms with Crippen molar-refractivity contribution in [1.29, 1.82) is 0 Å². The molecule has 2 fully saturated rings. The number of rotatable bonds is 14. The third-order valence-electron chi connectivity index (χ3n) is 8.58. The average Bonchev–Trinajstić information content (AvgIpc) is 2.93. The summed E-state index contributed by atoms with van der Waals surface area (Å²) in [5.41, 5.74) is 0.410. The maximum absolute atomic E-state index is 13.6. The van der Waals surface area contributed by atoms with E-state index >= 15 is 0 Å². The van der Waals surface area contributed by atoms with Crippen molar-refractivity contribution < 1.29 is 14.3 Å². The van der Waals surface area contributed by atoms with E-state index < -0.39 is 5.54 Å². The highest BCUT2D eigenvalue weighted by atomic mass is 35.5. The summed E-state index contributed by atoms with van der Waals surface area (Å²) in [4.78, 5) is 28.2. The van der Waals surface area contributed by atoms with Gasteiger partial charge in [-0.3, -0.25) is 4.79 Å². The normalized spacial score (nSPS) is 20.7. The monoisotopic (exact) mass is 562 g/mol. The molecular formula is C31H51ClN4O3. The highest BCUT2D eigenvalue weighted by molar-refractivity contribution is 6.30. The van der Waals surface area contributed by atoms with E-state index in [1.807, 2.05) is 37.1 Å². The second-order valence-corrected chi connectivity index (χ2v) is 12.0.